The van der Waals surface area contributed by atoms with Gasteiger partial charge in [0.15, 0.2) is 0 Å². The third-order valence-electron chi connectivity index (χ3n) is 4.20. The molecule has 1 saturated carbocycles. The molecule has 0 spiro atoms. The highest BCUT2D eigenvalue weighted by Crippen LogP contribution is 2.28. The SMILES string of the molecule is CC(C(=O)O)=C(C)C(=O)NC(=O)NC1CCC(C)CC1C. The first-order chi connectivity index (χ1) is 9.72. The Morgan fingerprint density at radius 1 is 1.05 bits per heavy atom. The number of hydrogen-bond acceptors (Lipinski definition) is 3. The highest BCUT2D eigenvalue weighted by Gasteiger charge is 2.27. The molecule has 0 saturated heterocycles. The number of nitrogens with one attached hydrogen (secondary N) is 2. The molecule has 3 unspecified atom stereocenters. The van der Waals surface area contributed by atoms with Gasteiger partial charge in [0.2, 0.25) is 0 Å². The van der Waals surface area contributed by atoms with Crippen LogP contribution in [0.2, 0.25) is 0 Å². The van der Waals surface area contributed by atoms with Crippen molar-refractivity contribution in [2.45, 2.75) is 53.0 Å². The minimum atomic E-state index is -1.17. The third-order valence-corrected chi connectivity index (χ3v) is 4.20. The molecule has 6 nitrogen and oxygen atoms in total. The predicted molar refractivity (Wildman–Crippen MR) is 78.7 cm³/mol. The number of amides is 3. The second-order valence-electron chi connectivity index (χ2n) is 5.98. The first-order valence-corrected chi connectivity index (χ1v) is 7.25. The van der Waals surface area contributed by atoms with Crippen LogP contribution in [0.25, 0.3) is 0 Å². The first kappa shape index (κ1) is 17.2. The quantitative estimate of drug-likeness (QED) is 0.695. The van der Waals surface area contributed by atoms with E-state index in [1.807, 2.05) is 0 Å². The lowest BCUT2D eigenvalue weighted by Gasteiger charge is -2.33. The fourth-order valence-electron chi connectivity index (χ4n) is 2.61. The second-order valence-corrected chi connectivity index (χ2v) is 5.98. The van der Waals surface area contributed by atoms with E-state index in [4.69, 9.17) is 5.11 Å². The summed E-state index contributed by atoms with van der Waals surface area (Å²) < 4.78 is 0. The van der Waals surface area contributed by atoms with Crippen molar-refractivity contribution in [1.82, 2.24) is 10.6 Å². The van der Waals surface area contributed by atoms with Gasteiger partial charge in [-0.1, -0.05) is 13.8 Å². The van der Waals surface area contributed by atoms with Crippen LogP contribution in [0.5, 0.6) is 0 Å². The van der Waals surface area contributed by atoms with E-state index < -0.39 is 17.9 Å². The minimum absolute atomic E-state index is 0.0305. The largest absolute Gasteiger partial charge is 0.478 e. The lowest BCUT2D eigenvalue weighted by Crippen LogP contribution is -2.48. The molecule has 1 rings (SSSR count). The molecule has 0 radical (unpaired) electrons. The van der Waals surface area contributed by atoms with Gasteiger partial charge in [0, 0.05) is 17.2 Å². The Hall–Kier alpha value is -1.85. The average molecular weight is 296 g/mol. The summed E-state index contributed by atoms with van der Waals surface area (Å²) in [5.41, 5.74) is -0.0388. The molecule has 1 aliphatic carbocycles. The van der Waals surface area contributed by atoms with E-state index >= 15 is 0 Å². The topological polar surface area (TPSA) is 95.5 Å². The van der Waals surface area contributed by atoms with Gasteiger partial charge in [-0.05, 0) is 44.9 Å². The molecule has 0 aromatic carbocycles. The molecule has 6 heteroatoms. The van der Waals surface area contributed by atoms with E-state index in [-0.39, 0.29) is 17.2 Å². The Labute approximate surface area is 125 Å². The van der Waals surface area contributed by atoms with Crippen LogP contribution in [0.15, 0.2) is 11.1 Å². The molecule has 0 aromatic heterocycles. The summed E-state index contributed by atoms with van der Waals surface area (Å²) >= 11 is 0. The number of imide groups is 1. The lowest BCUT2D eigenvalue weighted by molar-refractivity contribution is -0.133. The van der Waals surface area contributed by atoms with Gasteiger partial charge in [-0.3, -0.25) is 10.1 Å². The average Bonchev–Trinajstić information content (AvgIpc) is 2.40. The van der Waals surface area contributed by atoms with Crippen LogP contribution in [-0.2, 0) is 9.59 Å². The summed E-state index contributed by atoms with van der Waals surface area (Å²) in [4.78, 5) is 34.4. The van der Waals surface area contributed by atoms with Gasteiger partial charge in [0.1, 0.15) is 0 Å². The van der Waals surface area contributed by atoms with Gasteiger partial charge in [0.05, 0.1) is 0 Å². The number of carboxylic acid groups (broad SMARTS) is 1. The Balaban J connectivity index is 2.56. The maximum Gasteiger partial charge on any atom is 0.331 e. The van der Waals surface area contributed by atoms with Crippen molar-refractivity contribution in [3.63, 3.8) is 0 Å². The van der Waals surface area contributed by atoms with Crippen molar-refractivity contribution in [2.24, 2.45) is 11.8 Å². The van der Waals surface area contributed by atoms with Gasteiger partial charge in [-0.25, -0.2) is 9.59 Å². The van der Waals surface area contributed by atoms with Crippen LogP contribution in [0.3, 0.4) is 0 Å². The van der Waals surface area contributed by atoms with E-state index in [0.29, 0.717) is 11.8 Å². The molecular weight excluding hydrogens is 272 g/mol. The van der Waals surface area contributed by atoms with Crippen LogP contribution in [0.1, 0.15) is 47.0 Å². The standard InChI is InChI=1S/C15H24N2O4/c1-8-5-6-12(9(2)7-8)16-15(21)17-13(18)10(3)11(4)14(19)20/h8-9,12H,5-7H2,1-4H3,(H,19,20)(H2,16,17,18,21). The van der Waals surface area contributed by atoms with Crippen LogP contribution in [0, 0.1) is 11.8 Å². The summed E-state index contributed by atoms with van der Waals surface area (Å²) in [7, 11) is 0. The van der Waals surface area contributed by atoms with Crippen LogP contribution in [-0.4, -0.2) is 29.1 Å². The molecule has 1 aliphatic rings. The minimum Gasteiger partial charge on any atom is -0.478 e. The molecular formula is C15H24N2O4. The zero-order valence-electron chi connectivity index (χ0n) is 13.0. The number of hydrogen-bond donors (Lipinski definition) is 3. The maximum absolute atomic E-state index is 11.8. The van der Waals surface area contributed by atoms with Crippen LogP contribution in [0.4, 0.5) is 4.79 Å². The zero-order chi connectivity index (χ0) is 16.2. The molecule has 118 valence electrons. The normalized spacial score (nSPS) is 26.6. The highest BCUT2D eigenvalue weighted by atomic mass is 16.4. The second kappa shape index (κ2) is 7.24. The molecule has 21 heavy (non-hydrogen) atoms. The monoisotopic (exact) mass is 296 g/mol. The zero-order valence-corrected chi connectivity index (χ0v) is 13.0. The number of carbonyl (C=O) groups is 3. The molecule has 0 aliphatic heterocycles. The molecule has 0 aromatic rings. The van der Waals surface area contributed by atoms with Gasteiger partial charge < -0.3 is 10.4 Å². The van der Waals surface area contributed by atoms with E-state index in [1.54, 1.807) is 0 Å². The summed E-state index contributed by atoms with van der Waals surface area (Å²) in [6.07, 6.45) is 3.00. The number of carboxylic acids is 1. The van der Waals surface area contributed by atoms with Crippen molar-refractivity contribution >= 4 is 17.9 Å². The predicted octanol–water partition coefficient (Wildman–Crippen LogP) is 2.06. The van der Waals surface area contributed by atoms with Crippen LogP contribution >= 0.6 is 0 Å². The molecule has 0 heterocycles. The van der Waals surface area contributed by atoms with Crippen molar-refractivity contribution in [2.75, 3.05) is 0 Å². The summed E-state index contributed by atoms with van der Waals surface area (Å²) in [5, 5.41) is 13.8. The molecule has 1 fully saturated rings. The number of aliphatic carboxylic acids is 1. The van der Waals surface area contributed by atoms with E-state index in [0.717, 1.165) is 19.3 Å². The van der Waals surface area contributed by atoms with Gasteiger partial charge in [-0.15, -0.1) is 0 Å². The van der Waals surface area contributed by atoms with Crippen molar-refractivity contribution in [1.29, 1.82) is 0 Å². The molecule has 3 amide bonds. The smallest absolute Gasteiger partial charge is 0.331 e. The third kappa shape index (κ3) is 4.88. The molecule has 0 bridgehead atoms. The Kier molecular flexibility index (Phi) is 5.93. The van der Waals surface area contributed by atoms with Gasteiger partial charge in [-0.2, -0.15) is 0 Å². The summed E-state index contributed by atoms with van der Waals surface area (Å²) in [5.74, 6) is -0.819. The fraction of sp³-hybridized carbons (Fsp3) is 0.667. The van der Waals surface area contributed by atoms with Crippen molar-refractivity contribution in [3.8, 4) is 0 Å². The van der Waals surface area contributed by atoms with Crippen molar-refractivity contribution < 1.29 is 19.5 Å². The fourth-order valence-corrected chi connectivity index (χ4v) is 2.61. The Bertz CT molecular complexity index is 470. The van der Waals surface area contributed by atoms with Gasteiger partial charge >= 0.3 is 12.0 Å². The number of rotatable bonds is 3. The summed E-state index contributed by atoms with van der Waals surface area (Å²) in [6, 6.07) is -0.511. The molecule has 3 atom stereocenters. The highest BCUT2D eigenvalue weighted by molar-refractivity contribution is 6.07. The lowest BCUT2D eigenvalue weighted by atomic mass is 9.80. The maximum atomic E-state index is 11.8. The number of urea groups is 1. The van der Waals surface area contributed by atoms with Crippen molar-refractivity contribution in [3.05, 3.63) is 11.1 Å². The summed E-state index contributed by atoms with van der Waals surface area (Å²) in [6.45, 7) is 7.00. The first-order valence-electron chi connectivity index (χ1n) is 7.25. The van der Waals surface area contributed by atoms with Crippen LogP contribution < -0.4 is 10.6 Å². The van der Waals surface area contributed by atoms with Gasteiger partial charge in [0.25, 0.3) is 5.91 Å². The molecule has 3 N–H and O–H groups in total. The van der Waals surface area contributed by atoms with E-state index in [1.165, 1.54) is 13.8 Å². The van der Waals surface area contributed by atoms with E-state index in [2.05, 4.69) is 24.5 Å². The number of carbonyl (C=O) groups excluding carboxylic acids is 2. The van der Waals surface area contributed by atoms with E-state index in [9.17, 15) is 14.4 Å². The Morgan fingerprint density at radius 2 is 1.67 bits per heavy atom. The Morgan fingerprint density at radius 3 is 2.19 bits per heavy atom.